The standard InChI is InChI=1S/C16H17N5/c17-11-14-8-9-16(20-19-14)21-10-4-7-15(12-21)18-13-5-2-1-3-6-13/h1-3,5-6,8-9,15,18H,4,7,10,12H2. The van der Waals surface area contributed by atoms with E-state index in [1.165, 1.54) is 0 Å². The lowest BCUT2D eigenvalue weighted by molar-refractivity contribution is 0.525. The first-order valence-corrected chi connectivity index (χ1v) is 7.15. The van der Waals surface area contributed by atoms with Crippen LogP contribution in [0.25, 0.3) is 0 Å². The molecule has 106 valence electrons. The third-order valence-electron chi connectivity index (χ3n) is 3.65. The number of anilines is 2. The van der Waals surface area contributed by atoms with Crippen LogP contribution < -0.4 is 10.2 Å². The summed E-state index contributed by atoms with van der Waals surface area (Å²) in [5, 5.41) is 20.4. The van der Waals surface area contributed by atoms with Crippen LogP contribution in [-0.2, 0) is 0 Å². The highest BCUT2D eigenvalue weighted by atomic mass is 15.3. The Labute approximate surface area is 124 Å². The van der Waals surface area contributed by atoms with Gasteiger partial charge in [-0.05, 0) is 37.1 Å². The molecule has 0 radical (unpaired) electrons. The van der Waals surface area contributed by atoms with Crippen molar-refractivity contribution in [2.24, 2.45) is 0 Å². The monoisotopic (exact) mass is 279 g/mol. The molecule has 5 nitrogen and oxygen atoms in total. The Morgan fingerprint density at radius 2 is 2.00 bits per heavy atom. The van der Waals surface area contributed by atoms with Crippen LogP contribution in [0, 0.1) is 11.3 Å². The summed E-state index contributed by atoms with van der Waals surface area (Å²) in [6.07, 6.45) is 2.27. The zero-order valence-electron chi connectivity index (χ0n) is 11.7. The number of nitrogens with one attached hydrogen (secondary N) is 1. The van der Waals surface area contributed by atoms with Gasteiger partial charge in [0, 0.05) is 24.8 Å². The van der Waals surface area contributed by atoms with Crippen LogP contribution in [0.5, 0.6) is 0 Å². The first-order chi connectivity index (χ1) is 10.3. The van der Waals surface area contributed by atoms with Crippen molar-refractivity contribution < 1.29 is 0 Å². The van der Waals surface area contributed by atoms with Crippen LogP contribution in [0.3, 0.4) is 0 Å². The molecule has 0 spiro atoms. The molecule has 0 amide bonds. The number of nitrogens with zero attached hydrogens (tertiary/aromatic N) is 4. The minimum absolute atomic E-state index is 0.356. The van der Waals surface area contributed by atoms with Crippen molar-refractivity contribution in [3.8, 4) is 6.07 Å². The van der Waals surface area contributed by atoms with E-state index in [-0.39, 0.29) is 0 Å². The minimum Gasteiger partial charge on any atom is -0.381 e. The third kappa shape index (κ3) is 3.29. The Morgan fingerprint density at radius 3 is 2.71 bits per heavy atom. The van der Waals surface area contributed by atoms with Gasteiger partial charge in [0.15, 0.2) is 11.5 Å². The smallest absolute Gasteiger partial charge is 0.163 e. The molecule has 1 saturated heterocycles. The van der Waals surface area contributed by atoms with E-state index in [1.54, 1.807) is 6.07 Å². The Kier molecular flexibility index (Phi) is 3.97. The minimum atomic E-state index is 0.356. The van der Waals surface area contributed by atoms with E-state index in [0.29, 0.717) is 11.7 Å². The second kappa shape index (κ2) is 6.23. The predicted molar refractivity (Wildman–Crippen MR) is 82.0 cm³/mol. The van der Waals surface area contributed by atoms with Crippen molar-refractivity contribution in [1.82, 2.24) is 10.2 Å². The van der Waals surface area contributed by atoms with Crippen molar-refractivity contribution in [1.29, 1.82) is 5.26 Å². The number of piperidine rings is 1. The molecule has 1 aromatic carbocycles. The van der Waals surface area contributed by atoms with Crippen molar-refractivity contribution in [3.05, 3.63) is 48.2 Å². The molecule has 5 heteroatoms. The summed E-state index contributed by atoms with van der Waals surface area (Å²) < 4.78 is 0. The number of hydrogen-bond acceptors (Lipinski definition) is 5. The van der Waals surface area contributed by atoms with E-state index in [2.05, 4.69) is 32.5 Å². The van der Waals surface area contributed by atoms with Gasteiger partial charge in [-0.1, -0.05) is 18.2 Å². The Hall–Kier alpha value is -2.61. The van der Waals surface area contributed by atoms with E-state index >= 15 is 0 Å². The zero-order chi connectivity index (χ0) is 14.5. The summed E-state index contributed by atoms with van der Waals surface area (Å²) in [6, 6.07) is 16.2. The van der Waals surface area contributed by atoms with Gasteiger partial charge in [0.25, 0.3) is 0 Å². The lowest BCUT2D eigenvalue weighted by Crippen LogP contribution is -2.42. The number of hydrogen-bond donors (Lipinski definition) is 1. The Morgan fingerprint density at radius 1 is 1.14 bits per heavy atom. The van der Waals surface area contributed by atoms with Gasteiger partial charge in [-0.25, -0.2) is 0 Å². The van der Waals surface area contributed by atoms with E-state index < -0.39 is 0 Å². The normalized spacial score (nSPS) is 18.0. The maximum absolute atomic E-state index is 8.77. The molecule has 21 heavy (non-hydrogen) atoms. The number of nitriles is 1. The highest BCUT2D eigenvalue weighted by molar-refractivity contribution is 5.45. The van der Waals surface area contributed by atoms with Crippen LogP contribution in [0.4, 0.5) is 11.5 Å². The summed E-state index contributed by atoms with van der Waals surface area (Å²) in [6.45, 7) is 1.88. The van der Waals surface area contributed by atoms with Crippen LogP contribution in [-0.4, -0.2) is 29.3 Å². The topological polar surface area (TPSA) is 64.8 Å². The molecule has 1 aliphatic rings. The van der Waals surface area contributed by atoms with Gasteiger partial charge in [0.05, 0.1) is 0 Å². The molecule has 0 bridgehead atoms. The van der Waals surface area contributed by atoms with Gasteiger partial charge < -0.3 is 10.2 Å². The van der Waals surface area contributed by atoms with E-state index in [0.717, 1.165) is 37.4 Å². The van der Waals surface area contributed by atoms with Crippen molar-refractivity contribution in [3.63, 3.8) is 0 Å². The SMILES string of the molecule is N#Cc1ccc(N2CCCC(Nc3ccccc3)C2)nn1. The summed E-state index contributed by atoms with van der Waals surface area (Å²) in [7, 11) is 0. The molecular weight excluding hydrogens is 262 g/mol. The van der Waals surface area contributed by atoms with Crippen LogP contribution in [0.1, 0.15) is 18.5 Å². The van der Waals surface area contributed by atoms with Gasteiger partial charge in [-0.3, -0.25) is 0 Å². The molecular formula is C16H17N5. The maximum Gasteiger partial charge on any atom is 0.163 e. The number of rotatable bonds is 3. The average molecular weight is 279 g/mol. The van der Waals surface area contributed by atoms with Gasteiger partial charge in [-0.2, -0.15) is 5.26 Å². The lowest BCUT2D eigenvalue weighted by atomic mass is 10.1. The van der Waals surface area contributed by atoms with E-state index in [1.807, 2.05) is 30.3 Å². The maximum atomic E-state index is 8.77. The number of benzene rings is 1. The third-order valence-corrected chi connectivity index (χ3v) is 3.65. The van der Waals surface area contributed by atoms with E-state index in [4.69, 9.17) is 5.26 Å². The second-order valence-corrected chi connectivity index (χ2v) is 5.18. The first-order valence-electron chi connectivity index (χ1n) is 7.15. The second-order valence-electron chi connectivity index (χ2n) is 5.18. The van der Waals surface area contributed by atoms with Gasteiger partial charge in [0.2, 0.25) is 0 Å². The molecule has 1 aromatic heterocycles. The summed E-state index contributed by atoms with van der Waals surface area (Å²) in [5.41, 5.74) is 1.50. The van der Waals surface area contributed by atoms with Gasteiger partial charge >= 0.3 is 0 Å². The van der Waals surface area contributed by atoms with Crippen LogP contribution in [0.15, 0.2) is 42.5 Å². The molecule has 1 fully saturated rings. The Bertz CT molecular complexity index is 617. The number of aromatic nitrogens is 2. The summed E-state index contributed by atoms with van der Waals surface area (Å²) in [5.74, 6) is 0.841. The van der Waals surface area contributed by atoms with Crippen LogP contribution in [0.2, 0.25) is 0 Å². The largest absolute Gasteiger partial charge is 0.381 e. The number of para-hydroxylation sites is 1. The average Bonchev–Trinajstić information content (AvgIpc) is 2.56. The Balaban J connectivity index is 1.66. The quantitative estimate of drug-likeness (QED) is 0.934. The van der Waals surface area contributed by atoms with Gasteiger partial charge in [-0.15, -0.1) is 10.2 Å². The molecule has 0 aliphatic carbocycles. The summed E-state index contributed by atoms with van der Waals surface area (Å²) >= 11 is 0. The summed E-state index contributed by atoms with van der Waals surface area (Å²) in [4.78, 5) is 2.22. The molecule has 2 heterocycles. The molecule has 2 aromatic rings. The van der Waals surface area contributed by atoms with Gasteiger partial charge in [0.1, 0.15) is 6.07 Å². The van der Waals surface area contributed by atoms with Crippen molar-refractivity contribution >= 4 is 11.5 Å². The van der Waals surface area contributed by atoms with Crippen molar-refractivity contribution in [2.45, 2.75) is 18.9 Å². The van der Waals surface area contributed by atoms with E-state index in [9.17, 15) is 0 Å². The van der Waals surface area contributed by atoms with Crippen molar-refractivity contribution in [2.75, 3.05) is 23.3 Å². The lowest BCUT2D eigenvalue weighted by Gasteiger charge is -2.34. The highest BCUT2D eigenvalue weighted by Crippen LogP contribution is 2.20. The first kappa shape index (κ1) is 13.4. The molecule has 3 rings (SSSR count). The molecule has 1 aliphatic heterocycles. The molecule has 1 unspecified atom stereocenters. The fourth-order valence-electron chi connectivity index (χ4n) is 2.63. The zero-order valence-corrected chi connectivity index (χ0v) is 11.7. The highest BCUT2D eigenvalue weighted by Gasteiger charge is 2.21. The molecule has 1 N–H and O–H groups in total. The predicted octanol–water partition coefficient (Wildman–Crippen LogP) is 2.43. The fraction of sp³-hybridized carbons (Fsp3) is 0.312. The molecule has 0 saturated carbocycles. The fourth-order valence-corrected chi connectivity index (χ4v) is 2.63. The van der Waals surface area contributed by atoms with Crippen LogP contribution >= 0.6 is 0 Å². The molecule has 1 atom stereocenters.